The SMILES string of the molecule is COCCCNC(=O)[C@H](NC(=O)c1ccccc1F)C1CCN(C(=O)c2ccc(C)cc2)CC1. The fraction of sp³-hybridized carbons (Fsp3) is 0.423. The molecule has 0 spiro atoms. The van der Waals surface area contributed by atoms with Gasteiger partial charge in [0, 0.05) is 38.9 Å². The number of carbonyl (C=O) groups excluding carboxylic acids is 3. The van der Waals surface area contributed by atoms with Gasteiger partial charge in [0.05, 0.1) is 5.56 Å². The minimum atomic E-state index is -0.828. The highest BCUT2D eigenvalue weighted by molar-refractivity contribution is 5.98. The Morgan fingerprint density at radius 1 is 1.09 bits per heavy atom. The van der Waals surface area contributed by atoms with E-state index in [1.807, 2.05) is 31.2 Å². The number of methoxy groups -OCH3 is 1. The highest BCUT2D eigenvalue weighted by Gasteiger charge is 2.34. The van der Waals surface area contributed by atoms with Crippen LogP contribution in [0.1, 0.15) is 45.5 Å². The summed E-state index contributed by atoms with van der Waals surface area (Å²) in [6.07, 6.45) is 1.73. The number of nitrogens with one attached hydrogen (secondary N) is 2. The predicted octanol–water partition coefficient (Wildman–Crippen LogP) is 2.94. The molecule has 34 heavy (non-hydrogen) atoms. The van der Waals surface area contributed by atoms with E-state index in [4.69, 9.17) is 4.74 Å². The third-order valence-electron chi connectivity index (χ3n) is 6.11. The summed E-state index contributed by atoms with van der Waals surface area (Å²) in [6, 6.07) is 12.3. The zero-order valence-corrected chi connectivity index (χ0v) is 19.7. The molecule has 1 atom stereocenters. The van der Waals surface area contributed by atoms with Gasteiger partial charge in [-0.25, -0.2) is 4.39 Å². The van der Waals surface area contributed by atoms with Crippen molar-refractivity contribution in [1.29, 1.82) is 0 Å². The number of hydrogen-bond donors (Lipinski definition) is 2. The van der Waals surface area contributed by atoms with Gasteiger partial charge in [-0.2, -0.15) is 0 Å². The van der Waals surface area contributed by atoms with Gasteiger partial charge in [-0.1, -0.05) is 29.8 Å². The number of piperidine rings is 1. The van der Waals surface area contributed by atoms with Crippen molar-refractivity contribution in [2.24, 2.45) is 5.92 Å². The molecule has 0 unspecified atom stereocenters. The first-order valence-electron chi connectivity index (χ1n) is 11.6. The summed E-state index contributed by atoms with van der Waals surface area (Å²) in [6.45, 7) is 3.83. The topological polar surface area (TPSA) is 87.7 Å². The smallest absolute Gasteiger partial charge is 0.254 e. The van der Waals surface area contributed by atoms with Crippen LogP contribution in [0.15, 0.2) is 48.5 Å². The Hall–Kier alpha value is -3.26. The summed E-state index contributed by atoms with van der Waals surface area (Å²) < 4.78 is 19.1. The summed E-state index contributed by atoms with van der Waals surface area (Å²) in [5.74, 6) is -1.82. The number of halogens is 1. The van der Waals surface area contributed by atoms with Crippen molar-refractivity contribution < 1.29 is 23.5 Å². The third-order valence-corrected chi connectivity index (χ3v) is 6.11. The van der Waals surface area contributed by atoms with Crippen molar-refractivity contribution in [1.82, 2.24) is 15.5 Å². The van der Waals surface area contributed by atoms with Gasteiger partial charge >= 0.3 is 0 Å². The van der Waals surface area contributed by atoms with E-state index in [-0.39, 0.29) is 23.3 Å². The monoisotopic (exact) mass is 469 g/mol. The van der Waals surface area contributed by atoms with E-state index in [0.29, 0.717) is 51.1 Å². The molecule has 0 saturated carbocycles. The third kappa shape index (κ3) is 6.63. The van der Waals surface area contributed by atoms with Gasteiger partial charge < -0.3 is 20.3 Å². The van der Waals surface area contributed by atoms with Crippen LogP contribution >= 0.6 is 0 Å². The van der Waals surface area contributed by atoms with E-state index in [0.717, 1.165) is 5.56 Å². The Labute approximate surface area is 199 Å². The molecule has 1 heterocycles. The fourth-order valence-corrected chi connectivity index (χ4v) is 4.11. The normalized spacial score (nSPS) is 15.0. The van der Waals surface area contributed by atoms with Crippen LogP contribution in [0.3, 0.4) is 0 Å². The fourth-order valence-electron chi connectivity index (χ4n) is 4.11. The first-order chi connectivity index (χ1) is 16.4. The van der Waals surface area contributed by atoms with Gasteiger partial charge in [0.1, 0.15) is 11.9 Å². The van der Waals surface area contributed by atoms with Gasteiger partial charge in [0.2, 0.25) is 5.91 Å². The van der Waals surface area contributed by atoms with Crippen LogP contribution in [0.4, 0.5) is 4.39 Å². The first kappa shape index (κ1) is 25.4. The highest BCUT2D eigenvalue weighted by atomic mass is 19.1. The van der Waals surface area contributed by atoms with Crippen molar-refractivity contribution in [2.75, 3.05) is 33.4 Å². The summed E-state index contributed by atoms with van der Waals surface area (Å²) >= 11 is 0. The lowest BCUT2D eigenvalue weighted by Crippen LogP contribution is -2.54. The van der Waals surface area contributed by atoms with Gasteiger partial charge in [0.25, 0.3) is 11.8 Å². The van der Waals surface area contributed by atoms with Crippen LogP contribution in [-0.4, -0.2) is 62.0 Å². The van der Waals surface area contributed by atoms with E-state index in [1.54, 1.807) is 18.1 Å². The molecule has 3 rings (SSSR count). The number of benzene rings is 2. The number of likely N-dealkylation sites (tertiary alicyclic amines) is 1. The average Bonchev–Trinajstić information content (AvgIpc) is 2.85. The highest BCUT2D eigenvalue weighted by Crippen LogP contribution is 2.23. The van der Waals surface area contributed by atoms with Crippen molar-refractivity contribution >= 4 is 17.7 Å². The number of carbonyl (C=O) groups is 3. The van der Waals surface area contributed by atoms with Crippen LogP contribution in [-0.2, 0) is 9.53 Å². The van der Waals surface area contributed by atoms with Gasteiger partial charge in [-0.3, -0.25) is 14.4 Å². The lowest BCUT2D eigenvalue weighted by Gasteiger charge is -2.36. The number of hydrogen-bond acceptors (Lipinski definition) is 4. The molecule has 1 aliphatic heterocycles. The van der Waals surface area contributed by atoms with E-state index in [2.05, 4.69) is 10.6 Å². The van der Waals surface area contributed by atoms with Crippen molar-refractivity contribution in [3.8, 4) is 0 Å². The second kappa shape index (κ2) is 12.3. The number of amides is 3. The Kier molecular flexibility index (Phi) is 9.16. The van der Waals surface area contributed by atoms with E-state index >= 15 is 0 Å². The maximum atomic E-state index is 14.1. The van der Waals surface area contributed by atoms with Crippen LogP contribution in [0.5, 0.6) is 0 Å². The molecular formula is C26H32FN3O4. The second-order valence-corrected chi connectivity index (χ2v) is 8.56. The number of ether oxygens (including phenoxy) is 1. The zero-order valence-electron chi connectivity index (χ0n) is 19.7. The maximum absolute atomic E-state index is 14.1. The lowest BCUT2D eigenvalue weighted by atomic mass is 9.88. The summed E-state index contributed by atoms with van der Waals surface area (Å²) in [4.78, 5) is 40.4. The van der Waals surface area contributed by atoms with Crippen molar-refractivity contribution in [2.45, 2.75) is 32.2 Å². The second-order valence-electron chi connectivity index (χ2n) is 8.56. The van der Waals surface area contributed by atoms with Gasteiger partial charge in [0.15, 0.2) is 0 Å². The Balaban J connectivity index is 1.67. The molecule has 0 aliphatic carbocycles. The van der Waals surface area contributed by atoms with Crippen LogP contribution in [0.2, 0.25) is 0 Å². The molecule has 0 radical (unpaired) electrons. The molecule has 2 N–H and O–H groups in total. The van der Waals surface area contributed by atoms with E-state index in [9.17, 15) is 18.8 Å². The standard InChI is InChI=1S/C26H32FN3O4/c1-18-8-10-20(11-9-18)26(33)30-15-12-19(13-16-30)23(25(32)28-14-5-17-34-2)29-24(31)21-6-3-4-7-22(21)27/h3-4,6-11,19,23H,5,12-17H2,1-2H3,(H,28,32)(H,29,31)/t23-/m1/s1. The molecule has 1 fully saturated rings. The van der Waals surface area contributed by atoms with Crippen molar-refractivity contribution in [3.63, 3.8) is 0 Å². The first-order valence-corrected chi connectivity index (χ1v) is 11.6. The minimum absolute atomic E-state index is 0.0468. The van der Waals surface area contributed by atoms with Gasteiger partial charge in [-0.05, 0) is 56.4 Å². The molecule has 0 bridgehead atoms. The van der Waals surface area contributed by atoms with Crippen LogP contribution < -0.4 is 10.6 Å². The summed E-state index contributed by atoms with van der Waals surface area (Å²) in [7, 11) is 1.59. The molecule has 7 nitrogen and oxygen atoms in total. The predicted molar refractivity (Wildman–Crippen MR) is 127 cm³/mol. The molecule has 2 aromatic rings. The molecule has 0 aromatic heterocycles. The molecule has 1 saturated heterocycles. The zero-order chi connectivity index (χ0) is 24.5. The molecular weight excluding hydrogens is 437 g/mol. The lowest BCUT2D eigenvalue weighted by molar-refractivity contribution is -0.124. The molecule has 8 heteroatoms. The minimum Gasteiger partial charge on any atom is -0.385 e. The molecule has 1 aliphatic rings. The maximum Gasteiger partial charge on any atom is 0.254 e. The van der Waals surface area contributed by atoms with Crippen molar-refractivity contribution in [3.05, 3.63) is 71.0 Å². The number of rotatable bonds is 9. The number of aryl methyl sites for hydroxylation is 1. The van der Waals surface area contributed by atoms with Crippen LogP contribution in [0.25, 0.3) is 0 Å². The summed E-state index contributed by atoms with van der Waals surface area (Å²) in [5.41, 5.74) is 1.61. The quantitative estimate of drug-likeness (QED) is 0.553. The largest absolute Gasteiger partial charge is 0.385 e. The Morgan fingerprint density at radius 2 is 1.76 bits per heavy atom. The molecule has 3 amide bonds. The number of nitrogens with zero attached hydrogens (tertiary/aromatic N) is 1. The average molecular weight is 470 g/mol. The van der Waals surface area contributed by atoms with Gasteiger partial charge in [-0.15, -0.1) is 0 Å². The Morgan fingerprint density at radius 3 is 2.41 bits per heavy atom. The van der Waals surface area contributed by atoms with E-state index in [1.165, 1.54) is 18.2 Å². The van der Waals surface area contributed by atoms with Crippen LogP contribution in [0, 0.1) is 18.7 Å². The Bertz CT molecular complexity index is 988. The molecule has 182 valence electrons. The summed E-state index contributed by atoms with van der Waals surface area (Å²) in [5, 5.41) is 5.58. The molecule has 2 aromatic carbocycles. The van der Waals surface area contributed by atoms with E-state index < -0.39 is 17.8 Å².